The molecule has 0 spiro atoms. The Kier molecular flexibility index (Phi) is 8.99. The van der Waals surface area contributed by atoms with Crippen molar-refractivity contribution < 1.29 is 9.53 Å². The molecule has 2 aromatic carbocycles. The van der Waals surface area contributed by atoms with Crippen LogP contribution in [0.5, 0.6) is 0 Å². The maximum atomic E-state index is 12.4. The highest BCUT2D eigenvalue weighted by atomic mass is 32.2. The molecule has 1 aliphatic rings. The van der Waals surface area contributed by atoms with Crippen molar-refractivity contribution in [1.82, 2.24) is 15.0 Å². The molecule has 0 atom stereocenters. The van der Waals surface area contributed by atoms with Gasteiger partial charge in [0, 0.05) is 6.54 Å². The fourth-order valence-corrected chi connectivity index (χ4v) is 5.61. The van der Waals surface area contributed by atoms with E-state index in [2.05, 4.69) is 34.6 Å². The molecular weight excluding hydrogens is 430 g/mol. The fourth-order valence-electron chi connectivity index (χ4n) is 4.52. The Morgan fingerprint density at radius 1 is 1.00 bits per heavy atom. The molecule has 5 nitrogen and oxygen atoms in total. The number of esters is 1. The van der Waals surface area contributed by atoms with E-state index in [1.807, 2.05) is 47.3 Å². The molecule has 0 aliphatic heterocycles. The first kappa shape index (κ1) is 23.6. The summed E-state index contributed by atoms with van der Waals surface area (Å²) < 4.78 is 7.36. The van der Waals surface area contributed by atoms with Crippen LogP contribution in [0.2, 0.25) is 0 Å². The van der Waals surface area contributed by atoms with Gasteiger partial charge in [-0.2, -0.15) is 0 Å². The maximum Gasteiger partial charge on any atom is 0.316 e. The van der Waals surface area contributed by atoms with Crippen molar-refractivity contribution in [3.63, 3.8) is 0 Å². The van der Waals surface area contributed by atoms with Crippen molar-refractivity contribution in [3.8, 4) is 0 Å². The molecule has 0 amide bonds. The van der Waals surface area contributed by atoms with Gasteiger partial charge in [-0.1, -0.05) is 98.0 Å². The number of aromatic nitrogens is 3. The second-order valence-corrected chi connectivity index (χ2v) is 9.89. The zero-order chi connectivity index (χ0) is 22.7. The molecule has 0 bridgehead atoms. The summed E-state index contributed by atoms with van der Waals surface area (Å²) in [6.07, 6.45) is 11.2. The molecule has 1 saturated carbocycles. The molecule has 1 heterocycles. The molecule has 1 aromatic heterocycles. The summed E-state index contributed by atoms with van der Waals surface area (Å²) in [4.78, 5) is 12.4. The topological polar surface area (TPSA) is 57.0 Å². The van der Waals surface area contributed by atoms with Gasteiger partial charge in [0.2, 0.25) is 0 Å². The molecule has 1 fully saturated rings. The third-order valence-electron chi connectivity index (χ3n) is 6.26. The molecule has 1 aliphatic carbocycles. The second kappa shape index (κ2) is 12.6. The highest BCUT2D eigenvalue weighted by molar-refractivity contribution is 8.00. The predicted octanol–water partition coefficient (Wildman–Crippen LogP) is 6.20. The number of ether oxygens (including phenoxy) is 1. The summed E-state index contributed by atoms with van der Waals surface area (Å²) in [5.74, 6) is 0.934. The molecular formula is C27H33N3O2S. The van der Waals surface area contributed by atoms with Crippen LogP contribution in [0.15, 0.2) is 66.9 Å². The van der Waals surface area contributed by atoms with Crippen molar-refractivity contribution in [2.24, 2.45) is 5.92 Å². The van der Waals surface area contributed by atoms with Crippen LogP contribution in [-0.4, -0.2) is 26.7 Å². The van der Waals surface area contributed by atoms with Crippen LogP contribution in [0.3, 0.4) is 0 Å². The van der Waals surface area contributed by atoms with Gasteiger partial charge in [0.25, 0.3) is 0 Å². The first-order valence-corrected chi connectivity index (χ1v) is 13.1. The van der Waals surface area contributed by atoms with Gasteiger partial charge in [-0.25, -0.2) is 0 Å². The lowest BCUT2D eigenvalue weighted by atomic mass is 9.86. The number of carbonyl (C=O) groups excluding carboxylic acids is 1. The molecule has 6 heteroatoms. The number of hydrogen-bond donors (Lipinski definition) is 0. The number of aryl methyl sites for hydroxylation is 1. The van der Waals surface area contributed by atoms with Crippen molar-refractivity contribution in [2.75, 3.05) is 5.75 Å². The third-order valence-corrected chi connectivity index (χ3v) is 7.54. The Labute approximate surface area is 200 Å². The van der Waals surface area contributed by atoms with Crippen molar-refractivity contribution in [2.45, 2.75) is 63.3 Å². The predicted molar refractivity (Wildman–Crippen MR) is 133 cm³/mol. The lowest BCUT2D eigenvalue weighted by molar-refractivity contribution is -0.141. The average Bonchev–Trinajstić information content (AvgIpc) is 3.33. The Hall–Kier alpha value is -2.60. The number of carbonyl (C=O) groups is 1. The SMILES string of the molecule is O=C(CSC(c1ccccc1)c1ccccc1)OCc1cn(CCCC2CCCCC2)nn1. The molecule has 0 saturated heterocycles. The van der Waals surface area contributed by atoms with Crippen LogP contribution in [0, 0.1) is 5.92 Å². The van der Waals surface area contributed by atoms with Gasteiger partial charge in [0.1, 0.15) is 12.3 Å². The molecule has 3 aromatic rings. The van der Waals surface area contributed by atoms with Gasteiger partial charge < -0.3 is 4.74 Å². The van der Waals surface area contributed by atoms with Crippen LogP contribution < -0.4 is 0 Å². The van der Waals surface area contributed by atoms with Gasteiger partial charge in [0.15, 0.2) is 0 Å². The summed E-state index contributed by atoms with van der Waals surface area (Å²) in [6.45, 7) is 1.05. The summed E-state index contributed by atoms with van der Waals surface area (Å²) >= 11 is 1.58. The minimum absolute atomic E-state index is 0.0880. The zero-order valence-corrected chi connectivity index (χ0v) is 20.0. The molecule has 0 unspecified atom stereocenters. The summed E-state index contributed by atoms with van der Waals surface area (Å²) in [7, 11) is 0. The average molecular weight is 464 g/mol. The minimum atomic E-state index is -0.233. The van der Waals surface area contributed by atoms with Crippen LogP contribution >= 0.6 is 11.8 Å². The Morgan fingerprint density at radius 3 is 2.33 bits per heavy atom. The summed E-state index contributed by atoms with van der Waals surface area (Å²) in [5.41, 5.74) is 3.06. The molecule has 4 rings (SSSR count). The van der Waals surface area contributed by atoms with Crippen molar-refractivity contribution in [1.29, 1.82) is 0 Å². The van der Waals surface area contributed by atoms with E-state index in [4.69, 9.17) is 4.74 Å². The Balaban J connectivity index is 1.22. The first-order chi connectivity index (χ1) is 16.3. The van der Waals surface area contributed by atoms with E-state index in [-0.39, 0.29) is 23.6 Å². The summed E-state index contributed by atoms with van der Waals surface area (Å²) in [6, 6.07) is 20.5. The monoisotopic (exact) mass is 463 g/mol. The van der Waals surface area contributed by atoms with Crippen LogP contribution in [0.4, 0.5) is 0 Å². The van der Waals surface area contributed by atoms with E-state index in [0.717, 1.165) is 18.9 Å². The van der Waals surface area contributed by atoms with E-state index in [1.54, 1.807) is 11.8 Å². The number of hydrogen-bond acceptors (Lipinski definition) is 5. The van der Waals surface area contributed by atoms with Gasteiger partial charge in [-0.15, -0.1) is 16.9 Å². The van der Waals surface area contributed by atoms with Gasteiger partial charge in [-0.3, -0.25) is 9.48 Å². The number of rotatable bonds is 11. The molecule has 0 N–H and O–H groups in total. The number of thioether (sulfide) groups is 1. The normalized spacial score (nSPS) is 14.5. The number of benzene rings is 2. The smallest absolute Gasteiger partial charge is 0.316 e. The lowest BCUT2D eigenvalue weighted by Crippen LogP contribution is -2.10. The van der Waals surface area contributed by atoms with Crippen LogP contribution in [0.1, 0.15) is 67.0 Å². The fraction of sp³-hybridized carbons (Fsp3) is 0.444. The van der Waals surface area contributed by atoms with Gasteiger partial charge >= 0.3 is 5.97 Å². The third kappa shape index (κ3) is 7.46. The number of nitrogens with zero attached hydrogens (tertiary/aromatic N) is 3. The maximum absolute atomic E-state index is 12.4. The van der Waals surface area contributed by atoms with Crippen LogP contribution in [-0.2, 0) is 22.7 Å². The lowest BCUT2D eigenvalue weighted by Gasteiger charge is -2.21. The largest absolute Gasteiger partial charge is 0.458 e. The van der Waals surface area contributed by atoms with E-state index in [1.165, 1.54) is 49.7 Å². The van der Waals surface area contributed by atoms with Crippen molar-refractivity contribution in [3.05, 3.63) is 83.7 Å². The second-order valence-electron chi connectivity index (χ2n) is 8.79. The highest BCUT2D eigenvalue weighted by Gasteiger charge is 2.17. The first-order valence-electron chi connectivity index (χ1n) is 12.0. The van der Waals surface area contributed by atoms with E-state index in [0.29, 0.717) is 5.69 Å². The van der Waals surface area contributed by atoms with E-state index < -0.39 is 0 Å². The minimum Gasteiger partial charge on any atom is -0.458 e. The molecule has 0 radical (unpaired) electrons. The Bertz CT molecular complexity index is 932. The zero-order valence-electron chi connectivity index (χ0n) is 19.1. The van der Waals surface area contributed by atoms with Crippen LogP contribution in [0.25, 0.3) is 0 Å². The van der Waals surface area contributed by atoms with Gasteiger partial charge in [0.05, 0.1) is 17.2 Å². The highest BCUT2D eigenvalue weighted by Crippen LogP contribution is 2.35. The van der Waals surface area contributed by atoms with Crippen molar-refractivity contribution >= 4 is 17.7 Å². The standard InChI is InChI=1S/C27H33N3O2S/c31-26(21-33-27(23-14-6-2-7-15-23)24-16-8-3-9-17-24)32-20-25-19-30(29-28-25)18-10-13-22-11-4-1-5-12-22/h2-3,6-9,14-17,19,22,27H,1,4-5,10-13,18,20-21H2. The van der Waals surface area contributed by atoms with E-state index in [9.17, 15) is 4.79 Å². The Morgan fingerprint density at radius 2 is 1.67 bits per heavy atom. The van der Waals surface area contributed by atoms with E-state index >= 15 is 0 Å². The summed E-state index contributed by atoms with van der Waals surface area (Å²) in [5, 5.41) is 8.46. The molecule has 174 valence electrons. The molecule has 33 heavy (non-hydrogen) atoms. The quantitative estimate of drug-likeness (QED) is 0.317. The van der Waals surface area contributed by atoms with Gasteiger partial charge in [-0.05, 0) is 29.9 Å².